The molecular weight excluding hydrogens is 310 g/mol. The van der Waals surface area contributed by atoms with Gasteiger partial charge in [0.05, 0.1) is 13.2 Å². The van der Waals surface area contributed by atoms with Gasteiger partial charge in [0.2, 0.25) is 0 Å². The zero-order valence-corrected chi connectivity index (χ0v) is 15.2. The van der Waals surface area contributed by atoms with Gasteiger partial charge in [-0.1, -0.05) is 60.7 Å². The average Bonchev–Trinajstić information content (AvgIpc) is 2.54. The van der Waals surface area contributed by atoms with E-state index in [0.717, 1.165) is 11.1 Å². The molecule has 0 aliphatic rings. The summed E-state index contributed by atoms with van der Waals surface area (Å²) in [6.07, 6.45) is 1.62. The Kier molecular flexibility index (Phi) is 8.44. The third kappa shape index (κ3) is 6.33. The second-order valence-corrected chi connectivity index (χ2v) is 5.97. The summed E-state index contributed by atoms with van der Waals surface area (Å²) in [6, 6.07) is 18.5. The first-order chi connectivity index (χ1) is 10.2. The van der Waals surface area contributed by atoms with E-state index in [-0.39, 0.29) is 44.2 Å². The molecule has 0 heterocycles. The van der Waals surface area contributed by atoms with Gasteiger partial charge in [-0.25, -0.2) is 9.65 Å². The van der Waals surface area contributed by atoms with Crippen LogP contribution < -0.4 is 34.6 Å². The monoisotopic (exact) mass is 326 g/mol. The van der Waals surface area contributed by atoms with Crippen molar-refractivity contribution in [2.45, 2.75) is 13.2 Å². The van der Waals surface area contributed by atoms with Gasteiger partial charge < -0.3 is 1.43 Å². The number of nitriles is 1. The summed E-state index contributed by atoms with van der Waals surface area (Å²) in [5, 5.41) is 10.8. The molecule has 0 atom stereocenters. The summed E-state index contributed by atoms with van der Waals surface area (Å²) in [4.78, 5) is 0. The Morgan fingerprint density at radius 3 is 1.73 bits per heavy atom. The summed E-state index contributed by atoms with van der Waals surface area (Å²) < 4.78 is 22.9. The van der Waals surface area contributed by atoms with Gasteiger partial charge in [-0.2, -0.15) is 5.26 Å². The first kappa shape index (κ1) is 18.9. The molecule has 2 rings (SSSR count). The SMILES string of the molecule is N#CNP(=O)(OCc1ccccc1)OCc1ccccc1.[H-].[Na+]. The zero-order chi connectivity index (χ0) is 15.0. The molecule has 1 N–H and O–H groups in total. The van der Waals surface area contributed by atoms with Crippen LogP contribution >= 0.6 is 7.75 Å². The molecule has 0 bridgehead atoms. The molecule has 0 unspecified atom stereocenters. The molecule has 0 saturated carbocycles. The molecule has 2 aromatic rings. The van der Waals surface area contributed by atoms with Crippen molar-refractivity contribution >= 4 is 7.75 Å². The Morgan fingerprint density at radius 1 is 0.955 bits per heavy atom. The summed E-state index contributed by atoms with van der Waals surface area (Å²) in [6.45, 7) is 0.198. The number of benzene rings is 2. The maximum Gasteiger partial charge on any atom is 1.00 e. The molecule has 110 valence electrons. The van der Waals surface area contributed by atoms with Crippen LogP contribution in [0.1, 0.15) is 12.6 Å². The standard InChI is InChI=1S/C15H15N2O3P.Na.H/c16-13-17-21(18,19-11-14-7-3-1-4-8-14)20-12-15-9-5-2-6-10-15;;/h1-10H,11-12H2,(H,17,18);;/q;+1;-1. The van der Waals surface area contributed by atoms with Crippen molar-refractivity contribution < 1.29 is 44.6 Å². The van der Waals surface area contributed by atoms with Crippen molar-refractivity contribution in [3.8, 4) is 6.19 Å². The van der Waals surface area contributed by atoms with E-state index in [9.17, 15) is 4.57 Å². The topological polar surface area (TPSA) is 71.4 Å². The van der Waals surface area contributed by atoms with Crippen molar-refractivity contribution in [1.82, 2.24) is 5.09 Å². The quantitative estimate of drug-likeness (QED) is 0.351. The second-order valence-electron chi connectivity index (χ2n) is 4.24. The van der Waals surface area contributed by atoms with Crippen LogP contribution in [-0.4, -0.2) is 0 Å². The van der Waals surface area contributed by atoms with E-state index >= 15 is 0 Å². The zero-order valence-electron chi connectivity index (χ0n) is 13.3. The molecule has 0 aliphatic carbocycles. The Hall–Kier alpha value is -1.12. The number of rotatable bonds is 7. The van der Waals surface area contributed by atoms with E-state index in [2.05, 4.69) is 5.09 Å². The van der Waals surface area contributed by atoms with Crippen LogP contribution in [0.3, 0.4) is 0 Å². The van der Waals surface area contributed by atoms with Gasteiger partial charge in [0.15, 0.2) is 6.19 Å². The van der Waals surface area contributed by atoms with Gasteiger partial charge in [-0.15, -0.1) is 0 Å². The minimum Gasteiger partial charge on any atom is -1.00 e. The fourth-order valence-corrected chi connectivity index (χ4v) is 2.59. The summed E-state index contributed by atoms with van der Waals surface area (Å²) in [5.41, 5.74) is 1.70. The third-order valence-corrected chi connectivity index (χ3v) is 3.99. The van der Waals surface area contributed by atoms with Crippen LogP contribution in [0.5, 0.6) is 0 Å². The largest absolute Gasteiger partial charge is 1.00 e. The van der Waals surface area contributed by atoms with E-state index < -0.39 is 7.75 Å². The van der Waals surface area contributed by atoms with Crippen molar-refractivity contribution in [2.24, 2.45) is 0 Å². The van der Waals surface area contributed by atoms with Crippen LogP contribution in [0.25, 0.3) is 0 Å². The normalized spacial score (nSPS) is 10.3. The van der Waals surface area contributed by atoms with Gasteiger partial charge in [-0.3, -0.25) is 9.05 Å². The van der Waals surface area contributed by atoms with Crippen molar-refractivity contribution in [3.63, 3.8) is 0 Å². The second kappa shape index (κ2) is 9.81. The molecule has 0 aromatic heterocycles. The third-order valence-electron chi connectivity index (χ3n) is 2.67. The van der Waals surface area contributed by atoms with E-state index in [1.807, 2.05) is 60.7 Å². The molecule has 5 nitrogen and oxygen atoms in total. The van der Waals surface area contributed by atoms with Crippen LogP contribution in [0.15, 0.2) is 60.7 Å². The molecule has 7 heteroatoms. The number of hydrogen-bond donors (Lipinski definition) is 1. The molecular formula is C15H16N2NaO3P. The van der Waals surface area contributed by atoms with Gasteiger partial charge in [0, 0.05) is 0 Å². The van der Waals surface area contributed by atoms with E-state index in [0.29, 0.717) is 0 Å². The summed E-state index contributed by atoms with van der Waals surface area (Å²) in [5.74, 6) is 0. The smallest absolute Gasteiger partial charge is 1.00 e. The van der Waals surface area contributed by atoms with Gasteiger partial charge in [0.1, 0.15) is 0 Å². The van der Waals surface area contributed by atoms with Crippen molar-refractivity contribution in [3.05, 3.63) is 71.8 Å². The van der Waals surface area contributed by atoms with Gasteiger partial charge >= 0.3 is 37.3 Å². The molecule has 0 aliphatic heterocycles. The molecule has 0 amide bonds. The Bertz CT molecular complexity index is 605. The van der Waals surface area contributed by atoms with Crippen LogP contribution in [0.2, 0.25) is 0 Å². The number of nitrogens with zero attached hydrogens (tertiary/aromatic N) is 1. The molecule has 22 heavy (non-hydrogen) atoms. The predicted octanol–water partition coefficient (Wildman–Crippen LogP) is 0.715. The Morgan fingerprint density at radius 2 is 1.36 bits per heavy atom. The fraction of sp³-hybridized carbons (Fsp3) is 0.133. The van der Waals surface area contributed by atoms with Gasteiger partial charge in [-0.05, 0) is 11.1 Å². The minimum absolute atomic E-state index is 0. The Balaban J connectivity index is 0.00000242. The molecule has 0 radical (unpaired) electrons. The van der Waals surface area contributed by atoms with E-state index in [1.54, 1.807) is 6.19 Å². The molecule has 0 fully saturated rings. The number of hydrogen-bond acceptors (Lipinski definition) is 4. The fourth-order valence-electron chi connectivity index (χ4n) is 1.63. The van der Waals surface area contributed by atoms with Crippen LogP contribution in [0.4, 0.5) is 0 Å². The molecule has 2 aromatic carbocycles. The van der Waals surface area contributed by atoms with Crippen molar-refractivity contribution in [2.75, 3.05) is 0 Å². The van der Waals surface area contributed by atoms with E-state index in [4.69, 9.17) is 14.3 Å². The molecule has 0 saturated heterocycles. The summed E-state index contributed by atoms with van der Waals surface area (Å²) in [7, 11) is -3.66. The minimum atomic E-state index is -3.66. The summed E-state index contributed by atoms with van der Waals surface area (Å²) >= 11 is 0. The average molecular weight is 326 g/mol. The maximum absolute atomic E-state index is 12.4. The van der Waals surface area contributed by atoms with Crippen LogP contribution in [0, 0.1) is 11.5 Å². The van der Waals surface area contributed by atoms with Crippen molar-refractivity contribution in [1.29, 1.82) is 5.26 Å². The Labute approximate surface area is 153 Å². The maximum atomic E-state index is 12.4. The van der Waals surface area contributed by atoms with E-state index in [1.165, 1.54) is 0 Å². The number of nitrogens with one attached hydrogen (secondary N) is 1. The first-order valence-electron chi connectivity index (χ1n) is 6.35. The first-order valence-corrected chi connectivity index (χ1v) is 7.89. The molecule has 0 spiro atoms. The van der Waals surface area contributed by atoms with Crippen LogP contribution in [-0.2, 0) is 26.8 Å². The van der Waals surface area contributed by atoms with Gasteiger partial charge in [0.25, 0.3) is 0 Å². The predicted molar refractivity (Wildman–Crippen MR) is 79.9 cm³/mol.